The third-order valence-electron chi connectivity index (χ3n) is 5.67. The van der Waals surface area contributed by atoms with Crippen LogP contribution in [0.15, 0.2) is 29.3 Å². The Kier molecular flexibility index (Phi) is 5.09. The molecule has 132 valence electrons. The molecule has 1 aliphatic carbocycles. The zero-order chi connectivity index (χ0) is 17.2. The Morgan fingerprint density at radius 2 is 2.17 bits per heavy atom. The third kappa shape index (κ3) is 3.56. The summed E-state index contributed by atoms with van der Waals surface area (Å²) in [7, 11) is 5.90. The van der Waals surface area contributed by atoms with Gasteiger partial charge in [-0.05, 0) is 56.5 Å². The zero-order valence-electron chi connectivity index (χ0n) is 15.1. The van der Waals surface area contributed by atoms with Crippen LogP contribution in [0.4, 0.5) is 4.39 Å². The van der Waals surface area contributed by atoms with E-state index in [1.54, 1.807) is 12.1 Å². The number of likely N-dealkylation sites (tertiary alicyclic amines) is 1. The van der Waals surface area contributed by atoms with Gasteiger partial charge < -0.3 is 15.1 Å². The van der Waals surface area contributed by atoms with Gasteiger partial charge in [0.2, 0.25) is 0 Å². The lowest BCUT2D eigenvalue weighted by molar-refractivity contribution is 0.151. The van der Waals surface area contributed by atoms with Crippen LogP contribution >= 0.6 is 0 Å². The van der Waals surface area contributed by atoms with Crippen molar-refractivity contribution in [1.82, 2.24) is 15.1 Å². The van der Waals surface area contributed by atoms with E-state index >= 15 is 0 Å². The van der Waals surface area contributed by atoms with Crippen molar-refractivity contribution in [2.24, 2.45) is 10.4 Å². The van der Waals surface area contributed by atoms with E-state index in [1.807, 2.05) is 27.2 Å². The summed E-state index contributed by atoms with van der Waals surface area (Å²) < 4.78 is 13.6. The molecule has 1 N–H and O–H groups in total. The second-order valence-electron chi connectivity index (χ2n) is 7.49. The molecular formula is C19H29FN4. The molecule has 0 radical (unpaired) electrons. The van der Waals surface area contributed by atoms with Gasteiger partial charge in [-0.1, -0.05) is 18.6 Å². The van der Waals surface area contributed by atoms with E-state index in [0.717, 1.165) is 24.6 Å². The first-order chi connectivity index (χ1) is 11.5. The van der Waals surface area contributed by atoms with Crippen molar-refractivity contribution in [2.45, 2.75) is 31.7 Å². The highest BCUT2D eigenvalue weighted by atomic mass is 19.1. The van der Waals surface area contributed by atoms with E-state index in [2.05, 4.69) is 20.1 Å². The van der Waals surface area contributed by atoms with Crippen LogP contribution in [0.1, 0.15) is 37.3 Å². The number of nitrogens with zero attached hydrogens (tertiary/aromatic N) is 3. The number of hydrogen-bond acceptors (Lipinski definition) is 2. The first-order valence-corrected chi connectivity index (χ1v) is 8.90. The molecule has 1 aliphatic heterocycles. The normalized spacial score (nSPS) is 21.2. The zero-order valence-corrected chi connectivity index (χ0v) is 15.1. The van der Waals surface area contributed by atoms with Crippen molar-refractivity contribution in [1.29, 1.82) is 0 Å². The summed E-state index contributed by atoms with van der Waals surface area (Å²) >= 11 is 0. The molecule has 1 spiro atoms. The summed E-state index contributed by atoms with van der Waals surface area (Å²) in [6, 6.07) is 6.98. The number of guanidine groups is 1. The Morgan fingerprint density at radius 3 is 2.71 bits per heavy atom. The Morgan fingerprint density at radius 1 is 1.38 bits per heavy atom. The predicted octanol–water partition coefficient (Wildman–Crippen LogP) is 2.88. The van der Waals surface area contributed by atoms with Crippen molar-refractivity contribution in [2.75, 3.05) is 40.8 Å². The van der Waals surface area contributed by atoms with Crippen molar-refractivity contribution < 1.29 is 4.39 Å². The van der Waals surface area contributed by atoms with Crippen molar-refractivity contribution in [3.05, 3.63) is 35.6 Å². The minimum atomic E-state index is -0.185. The molecule has 1 atom stereocenters. The second kappa shape index (κ2) is 7.09. The molecule has 1 aromatic carbocycles. The van der Waals surface area contributed by atoms with Gasteiger partial charge in [0.05, 0.1) is 6.04 Å². The molecule has 2 aliphatic rings. The minimum Gasteiger partial charge on any atom is -0.354 e. The lowest BCUT2D eigenvalue weighted by Gasteiger charge is -2.38. The summed E-state index contributed by atoms with van der Waals surface area (Å²) in [6.07, 6.45) is 5.39. The molecule has 2 fully saturated rings. The molecule has 1 unspecified atom stereocenters. The summed E-state index contributed by atoms with van der Waals surface area (Å²) in [5.41, 5.74) is 1.54. The molecule has 1 saturated heterocycles. The lowest BCUT2D eigenvalue weighted by atomic mass is 9.68. The van der Waals surface area contributed by atoms with Crippen LogP contribution < -0.4 is 5.32 Å². The third-order valence-corrected chi connectivity index (χ3v) is 5.67. The number of likely N-dealkylation sites (N-methyl/N-ethyl adjacent to an activating group) is 1. The highest BCUT2D eigenvalue weighted by molar-refractivity contribution is 5.80. The number of nitrogens with one attached hydrogen (secondary N) is 1. The van der Waals surface area contributed by atoms with E-state index < -0.39 is 0 Å². The monoisotopic (exact) mass is 332 g/mol. The van der Waals surface area contributed by atoms with Gasteiger partial charge in [-0.3, -0.25) is 4.99 Å². The minimum absolute atomic E-state index is 0.109. The van der Waals surface area contributed by atoms with Crippen LogP contribution in [0.2, 0.25) is 0 Å². The summed E-state index contributed by atoms with van der Waals surface area (Å²) in [5.74, 6) is 0.789. The average molecular weight is 332 g/mol. The Labute approximate surface area is 144 Å². The number of hydrogen-bond donors (Lipinski definition) is 1. The van der Waals surface area contributed by atoms with Gasteiger partial charge in [0.25, 0.3) is 0 Å². The van der Waals surface area contributed by atoms with Crippen molar-refractivity contribution in [3.63, 3.8) is 0 Å². The van der Waals surface area contributed by atoms with E-state index in [1.165, 1.54) is 31.7 Å². The van der Waals surface area contributed by atoms with Crippen LogP contribution in [0.3, 0.4) is 0 Å². The van der Waals surface area contributed by atoms with E-state index in [9.17, 15) is 4.39 Å². The molecule has 0 aromatic heterocycles. The Balaban J connectivity index is 1.63. The maximum atomic E-state index is 13.6. The van der Waals surface area contributed by atoms with Gasteiger partial charge in [0.1, 0.15) is 5.82 Å². The van der Waals surface area contributed by atoms with Gasteiger partial charge >= 0.3 is 0 Å². The summed E-state index contributed by atoms with van der Waals surface area (Å²) in [5, 5.41) is 3.51. The molecule has 0 amide bonds. The highest BCUT2D eigenvalue weighted by Crippen LogP contribution is 2.47. The molecule has 1 aromatic rings. The van der Waals surface area contributed by atoms with Gasteiger partial charge in [0, 0.05) is 26.7 Å². The molecule has 4 nitrogen and oxygen atoms in total. The quantitative estimate of drug-likeness (QED) is 0.679. The second-order valence-corrected chi connectivity index (χ2v) is 7.49. The molecule has 3 rings (SSSR count). The van der Waals surface area contributed by atoms with Crippen LogP contribution in [-0.2, 0) is 0 Å². The van der Waals surface area contributed by atoms with Crippen LogP contribution in [-0.4, -0.2) is 56.5 Å². The van der Waals surface area contributed by atoms with Crippen LogP contribution in [0, 0.1) is 11.2 Å². The molecule has 1 heterocycles. The summed E-state index contributed by atoms with van der Waals surface area (Å²) in [6.45, 7) is 2.93. The SMILES string of the molecule is CN=C(NCC(c1cccc(F)c1)N(C)C)N1CCC2(CCC2)C1. The molecule has 5 heteroatoms. The van der Waals surface area contributed by atoms with Gasteiger partial charge in [-0.15, -0.1) is 0 Å². The number of rotatable bonds is 4. The first-order valence-electron chi connectivity index (χ1n) is 8.90. The molecule has 1 saturated carbocycles. The maximum Gasteiger partial charge on any atom is 0.193 e. The number of aliphatic imine (C=N–C) groups is 1. The number of benzene rings is 1. The molecule has 24 heavy (non-hydrogen) atoms. The highest BCUT2D eigenvalue weighted by Gasteiger charge is 2.43. The fourth-order valence-corrected chi connectivity index (χ4v) is 4.03. The smallest absolute Gasteiger partial charge is 0.193 e. The lowest BCUT2D eigenvalue weighted by Crippen LogP contribution is -2.45. The van der Waals surface area contributed by atoms with Crippen LogP contribution in [0.25, 0.3) is 0 Å². The Bertz CT molecular complexity index is 595. The maximum absolute atomic E-state index is 13.6. The van der Waals surface area contributed by atoms with Crippen molar-refractivity contribution >= 4 is 5.96 Å². The predicted molar refractivity (Wildman–Crippen MR) is 96.7 cm³/mol. The number of halogens is 1. The summed E-state index contributed by atoms with van der Waals surface area (Å²) in [4.78, 5) is 8.98. The standard InChI is InChI=1S/C19H29FN4/c1-21-18(24-11-10-19(14-24)8-5-9-19)22-13-17(23(2)3)15-6-4-7-16(20)12-15/h4,6-7,12,17H,5,8-11,13-14H2,1-3H3,(H,21,22). The fraction of sp³-hybridized carbons (Fsp3) is 0.632. The molecule has 0 bridgehead atoms. The van der Waals surface area contributed by atoms with Gasteiger partial charge in [0.15, 0.2) is 5.96 Å². The van der Waals surface area contributed by atoms with Crippen LogP contribution in [0.5, 0.6) is 0 Å². The topological polar surface area (TPSA) is 30.9 Å². The molecular weight excluding hydrogens is 303 g/mol. The van der Waals surface area contributed by atoms with Gasteiger partial charge in [-0.2, -0.15) is 0 Å². The fourth-order valence-electron chi connectivity index (χ4n) is 4.03. The average Bonchev–Trinajstić information content (AvgIpc) is 2.97. The first kappa shape index (κ1) is 17.2. The largest absolute Gasteiger partial charge is 0.354 e. The van der Waals surface area contributed by atoms with E-state index in [0.29, 0.717) is 12.0 Å². The van der Waals surface area contributed by atoms with E-state index in [-0.39, 0.29) is 11.9 Å². The van der Waals surface area contributed by atoms with E-state index in [4.69, 9.17) is 0 Å². The van der Waals surface area contributed by atoms with Crippen molar-refractivity contribution in [3.8, 4) is 0 Å². The van der Waals surface area contributed by atoms with Gasteiger partial charge in [-0.25, -0.2) is 4.39 Å². The Hall–Kier alpha value is -1.62.